The van der Waals surface area contributed by atoms with Gasteiger partial charge in [0.15, 0.2) is 0 Å². The molecule has 5 heteroatoms. The molecule has 1 saturated carbocycles. The average molecular weight is 303 g/mol. The summed E-state index contributed by atoms with van der Waals surface area (Å²) >= 11 is 3.63. The molecule has 0 bridgehead atoms. The van der Waals surface area contributed by atoms with Crippen LogP contribution < -0.4 is 0 Å². The maximum Gasteiger partial charge on any atom is 0.411 e. The lowest BCUT2D eigenvalue weighted by Crippen LogP contribution is -2.20. The molecule has 1 nitrogen and oxygen atoms in total. The van der Waals surface area contributed by atoms with Crippen LogP contribution in [0.5, 0.6) is 0 Å². The van der Waals surface area contributed by atoms with Crippen LogP contribution in [-0.4, -0.2) is 24.2 Å². The van der Waals surface area contributed by atoms with Crippen LogP contribution in [0.2, 0.25) is 0 Å². The number of alkyl halides is 4. The molecule has 96 valence electrons. The van der Waals surface area contributed by atoms with E-state index >= 15 is 0 Å². The second-order valence-electron chi connectivity index (χ2n) is 4.37. The molecule has 0 aromatic carbocycles. The number of halogens is 4. The van der Waals surface area contributed by atoms with Crippen LogP contribution in [0.3, 0.4) is 0 Å². The summed E-state index contributed by atoms with van der Waals surface area (Å²) in [5.41, 5.74) is 0. The van der Waals surface area contributed by atoms with Gasteiger partial charge >= 0.3 is 6.18 Å². The highest BCUT2D eigenvalue weighted by atomic mass is 79.9. The Morgan fingerprint density at radius 2 is 1.88 bits per heavy atom. The van der Waals surface area contributed by atoms with Gasteiger partial charge in [0.1, 0.15) is 6.61 Å². The molecule has 0 spiro atoms. The van der Waals surface area contributed by atoms with Crippen LogP contribution in [0.1, 0.15) is 38.5 Å². The van der Waals surface area contributed by atoms with E-state index in [-0.39, 0.29) is 6.61 Å². The molecule has 0 N–H and O–H groups in total. The van der Waals surface area contributed by atoms with E-state index in [4.69, 9.17) is 0 Å². The third kappa shape index (κ3) is 6.09. The molecule has 2 unspecified atom stereocenters. The predicted molar refractivity (Wildman–Crippen MR) is 60.8 cm³/mol. The van der Waals surface area contributed by atoms with Crippen molar-refractivity contribution < 1.29 is 17.9 Å². The van der Waals surface area contributed by atoms with Crippen molar-refractivity contribution in [3.63, 3.8) is 0 Å². The van der Waals surface area contributed by atoms with E-state index in [0.717, 1.165) is 12.8 Å². The minimum Gasteiger partial charge on any atom is -0.372 e. The molecule has 0 radical (unpaired) electrons. The zero-order valence-electron chi connectivity index (χ0n) is 9.23. The highest BCUT2D eigenvalue weighted by Crippen LogP contribution is 2.32. The Kier molecular flexibility index (Phi) is 6.11. The van der Waals surface area contributed by atoms with Crippen LogP contribution in [0.15, 0.2) is 0 Å². The first-order valence-electron chi connectivity index (χ1n) is 5.77. The van der Waals surface area contributed by atoms with Crippen molar-refractivity contribution in [2.75, 3.05) is 13.2 Å². The summed E-state index contributed by atoms with van der Waals surface area (Å²) in [5, 5.41) is 0. The Morgan fingerprint density at radius 1 is 1.19 bits per heavy atom. The van der Waals surface area contributed by atoms with Crippen LogP contribution >= 0.6 is 15.9 Å². The molecule has 0 aromatic heterocycles. The maximum atomic E-state index is 11.8. The fraction of sp³-hybridized carbons (Fsp3) is 1.00. The molecule has 1 rings (SSSR count). The van der Waals surface area contributed by atoms with Gasteiger partial charge in [-0.1, -0.05) is 28.8 Å². The molecule has 16 heavy (non-hydrogen) atoms. The van der Waals surface area contributed by atoms with E-state index in [1.165, 1.54) is 25.7 Å². The quantitative estimate of drug-likeness (QED) is 0.543. The number of hydrogen-bond donors (Lipinski definition) is 0. The summed E-state index contributed by atoms with van der Waals surface area (Å²) < 4.78 is 39.9. The monoisotopic (exact) mass is 302 g/mol. The van der Waals surface area contributed by atoms with E-state index in [9.17, 15) is 13.2 Å². The van der Waals surface area contributed by atoms with Crippen molar-refractivity contribution in [2.45, 2.75) is 49.5 Å². The van der Waals surface area contributed by atoms with Gasteiger partial charge in [0, 0.05) is 11.4 Å². The Balaban J connectivity index is 2.02. The first-order chi connectivity index (χ1) is 7.49. The second kappa shape index (κ2) is 6.84. The summed E-state index contributed by atoms with van der Waals surface area (Å²) in [5.74, 6) is 0.614. The third-order valence-electron chi connectivity index (χ3n) is 2.95. The smallest absolute Gasteiger partial charge is 0.372 e. The zero-order chi connectivity index (χ0) is 12.0. The Bertz CT molecular complexity index is 196. The minimum absolute atomic E-state index is 0.218. The van der Waals surface area contributed by atoms with Gasteiger partial charge in [0.25, 0.3) is 0 Å². The van der Waals surface area contributed by atoms with Crippen LogP contribution in [0, 0.1) is 5.92 Å². The number of hydrogen-bond acceptors (Lipinski definition) is 1. The van der Waals surface area contributed by atoms with Crippen molar-refractivity contribution in [1.29, 1.82) is 0 Å². The van der Waals surface area contributed by atoms with E-state index in [2.05, 4.69) is 20.7 Å². The molecule has 2 atom stereocenters. The van der Waals surface area contributed by atoms with Gasteiger partial charge in [-0.05, 0) is 31.6 Å². The summed E-state index contributed by atoms with van der Waals surface area (Å²) in [7, 11) is 0. The summed E-state index contributed by atoms with van der Waals surface area (Å²) in [6.45, 7) is -0.898. The van der Waals surface area contributed by atoms with Gasteiger partial charge in [-0.15, -0.1) is 0 Å². The maximum absolute atomic E-state index is 11.8. The summed E-state index contributed by atoms with van der Waals surface area (Å²) in [4.78, 5) is 0.545. The van der Waals surface area contributed by atoms with E-state index in [0.29, 0.717) is 10.7 Å². The summed E-state index contributed by atoms with van der Waals surface area (Å²) in [6, 6.07) is 0. The lowest BCUT2D eigenvalue weighted by atomic mass is 9.86. The molecular formula is C11H18BrF3O. The molecule has 1 aliphatic carbocycles. The molecular weight excluding hydrogens is 285 g/mol. The molecule has 0 heterocycles. The Morgan fingerprint density at radius 3 is 2.50 bits per heavy atom. The standard InChI is InChI=1S/C11H18BrF3O/c12-10-6-2-1-4-9(10)5-3-7-16-8-11(13,14)15/h9-10H,1-8H2. The Hall–Kier alpha value is 0.230. The molecule has 0 aliphatic heterocycles. The summed E-state index contributed by atoms with van der Waals surface area (Å²) in [6.07, 6.45) is 2.38. The van der Waals surface area contributed by atoms with Gasteiger partial charge < -0.3 is 4.74 Å². The van der Waals surface area contributed by atoms with Gasteiger partial charge in [-0.2, -0.15) is 13.2 Å². The van der Waals surface area contributed by atoms with Crippen molar-refractivity contribution in [2.24, 2.45) is 5.92 Å². The molecule has 0 amide bonds. The fourth-order valence-corrected chi connectivity index (χ4v) is 2.98. The van der Waals surface area contributed by atoms with Gasteiger partial charge in [0.2, 0.25) is 0 Å². The average Bonchev–Trinajstić information content (AvgIpc) is 2.18. The van der Waals surface area contributed by atoms with Gasteiger partial charge in [-0.25, -0.2) is 0 Å². The third-order valence-corrected chi connectivity index (χ3v) is 4.15. The van der Waals surface area contributed by atoms with Crippen molar-refractivity contribution >= 4 is 15.9 Å². The van der Waals surface area contributed by atoms with Gasteiger partial charge in [0.05, 0.1) is 0 Å². The number of ether oxygens (including phenoxy) is 1. The largest absolute Gasteiger partial charge is 0.411 e. The van der Waals surface area contributed by atoms with E-state index in [1.807, 2.05) is 0 Å². The van der Waals surface area contributed by atoms with Crippen molar-refractivity contribution in [3.8, 4) is 0 Å². The van der Waals surface area contributed by atoms with Crippen molar-refractivity contribution in [1.82, 2.24) is 0 Å². The van der Waals surface area contributed by atoms with E-state index < -0.39 is 12.8 Å². The highest BCUT2D eigenvalue weighted by molar-refractivity contribution is 9.09. The molecule has 0 aromatic rings. The second-order valence-corrected chi connectivity index (χ2v) is 5.55. The lowest BCUT2D eigenvalue weighted by Gasteiger charge is -2.27. The molecule has 0 saturated heterocycles. The van der Waals surface area contributed by atoms with Gasteiger partial charge in [-0.3, -0.25) is 0 Å². The SMILES string of the molecule is FC(F)(F)COCCCC1CCCCC1Br. The normalized spacial score (nSPS) is 27.0. The van der Waals surface area contributed by atoms with E-state index in [1.54, 1.807) is 0 Å². The first-order valence-corrected chi connectivity index (χ1v) is 6.69. The lowest BCUT2D eigenvalue weighted by molar-refractivity contribution is -0.174. The fourth-order valence-electron chi connectivity index (χ4n) is 2.12. The van der Waals surface area contributed by atoms with Crippen LogP contribution in [-0.2, 0) is 4.74 Å². The topological polar surface area (TPSA) is 9.23 Å². The molecule has 1 aliphatic rings. The minimum atomic E-state index is -4.19. The highest BCUT2D eigenvalue weighted by Gasteiger charge is 2.27. The molecule has 1 fully saturated rings. The first kappa shape index (κ1) is 14.3. The zero-order valence-corrected chi connectivity index (χ0v) is 10.8. The number of rotatable bonds is 5. The van der Waals surface area contributed by atoms with Crippen molar-refractivity contribution in [3.05, 3.63) is 0 Å². The predicted octanol–water partition coefficient (Wildman–Crippen LogP) is 4.30. The van der Waals surface area contributed by atoms with Crippen LogP contribution in [0.25, 0.3) is 0 Å². The Labute approximate surface area is 103 Å². The van der Waals surface area contributed by atoms with Crippen LogP contribution in [0.4, 0.5) is 13.2 Å².